The average molecular weight is 305 g/mol. The highest BCUT2D eigenvalue weighted by Gasteiger charge is 2.57. The second-order valence-electron chi connectivity index (χ2n) is 6.20. The zero-order valence-electron chi connectivity index (χ0n) is 12.8. The number of aliphatic carboxylic acids is 2. The molecule has 0 radical (unpaired) electrons. The van der Waals surface area contributed by atoms with Crippen LogP contribution in [0.5, 0.6) is 0 Å². The fourth-order valence-corrected chi connectivity index (χ4v) is 3.07. The Hall–Kier alpha value is -1.88. The van der Waals surface area contributed by atoms with Crippen molar-refractivity contribution in [2.45, 2.75) is 44.6 Å². The van der Waals surface area contributed by atoms with E-state index in [1.54, 1.807) is 0 Å². The molecule has 1 unspecified atom stereocenters. The molecule has 2 rings (SSSR count). The van der Waals surface area contributed by atoms with E-state index in [9.17, 15) is 14.7 Å². The highest BCUT2D eigenvalue weighted by molar-refractivity contribution is 5.83. The van der Waals surface area contributed by atoms with Gasteiger partial charge in [-0.3, -0.25) is 9.59 Å². The third-order valence-electron chi connectivity index (χ3n) is 4.52. The maximum Gasteiger partial charge on any atom is 0.324 e. The van der Waals surface area contributed by atoms with Crippen molar-refractivity contribution in [2.75, 3.05) is 0 Å². The number of rotatable bonds is 8. The van der Waals surface area contributed by atoms with Crippen molar-refractivity contribution in [1.29, 1.82) is 0 Å². The molecule has 1 aliphatic rings. The molecule has 1 aromatic rings. The van der Waals surface area contributed by atoms with E-state index in [0.717, 1.165) is 18.4 Å². The van der Waals surface area contributed by atoms with Crippen molar-refractivity contribution in [1.82, 2.24) is 0 Å². The van der Waals surface area contributed by atoms with Crippen LogP contribution in [-0.4, -0.2) is 27.7 Å². The first kappa shape index (κ1) is 16.5. The Labute approximate surface area is 130 Å². The van der Waals surface area contributed by atoms with Gasteiger partial charge < -0.3 is 15.9 Å². The number of carbonyl (C=O) groups is 2. The first-order valence-electron chi connectivity index (χ1n) is 7.71. The summed E-state index contributed by atoms with van der Waals surface area (Å²) in [4.78, 5) is 22.5. The topological polar surface area (TPSA) is 101 Å². The fourth-order valence-electron chi connectivity index (χ4n) is 3.07. The lowest BCUT2D eigenvalue weighted by atomic mass is 9.86. The van der Waals surface area contributed by atoms with E-state index >= 15 is 0 Å². The van der Waals surface area contributed by atoms with Crippen molar-refractivity contribution >= 4 is 11.9 Å². The van der Waals surface area contributed by atoms with E-state index in [-0.39, 0.29) is 6.42 Å². The van der Waals surface area contributed by atoms with Crippen LogP contribution in [0.25, 0.3) is 0 Å². The molecule has 0 amide bonds. The van der Waals surface area contributed by atoms with Gasteiger partial charge >= 0.3 is 11.9 Å². The van der Waals surface area contributed by atoms with Crippen molar-refractivity contribution in [3.8, 4) is 0 Å². The Bertz CT molecular complexity index is 572. The van der Waals surface area contributed by atoms with Gasteiger partial charge in [-0.2, -0.15) is 0 Å². The van der Waals surface area contributed by atoms with Gasteiger partial charge in [0.15, 0.2) is 0 Å². The minimum absolute atomic E-state index is 0.256. The maximum atomic E-state index is 11.5. The van der Waals surface area contributed by atoms with Gasteiger partial charge in [-0.25, -0.2) is 0 Å². The molecule has 5 nitrogen and oxygen atoms in total. The van der Waals surface area contributed by atoms with E-state index < -0.39 is 29.3 Å². The monoisotopic (exact) mass is 305 g/mol. The van der Waals surface area contributed by atoms with Crippen molar-refractivity contribution in [3.05, 3.63) is 35.4 Å². The van der Waals surface area contributed by atoms with E-state index in [1.807, 2.05) is 12.1 Å². The fraction of sp³-hybridized carbons (Fsp3) is 0.529. The molecular weight excluding hydrogens is 282 g/mol. The molecular formula is C17H23NO4. The average Bonchev–Trinajstić information content (AvgIpc) is 3.26. The molecule has 0 aromatic heterocycles. The standard InChI is InChI=1S/C17H23NO4/c1-2-4-11-5-3-6-12(9-11)7-8-17(18,16(21)22)14-10-13(14)15(19)20/h3,5-6,9,13-14H,2,4,7-8,10,18H2,1H3,(H,19,20)(H,21,22)/t13-,14-,17?/m0/s1. The van der Waals surface area contributed by atoms with Gasteiger partial charge in [-0.05, 0) is 36.8 Å². The Morgan fingerprint density at radius 1 is 1.27 bits per heavy atom. The lowest BCUT2D eigenvalue weighted by Gasteiger charge is -2.25. The van der Waals surface area contributed by atoms with E-state index in [2.05, 4.69) is 19.1 Å². The van der Waals surface area contributed by atoms with E-state index in [0.29, 0.717) is 12.8 Å². The number of hydrogen-bond acceptors (Lipinski definition) is 3. The second kappa shape index (κ2) is 6.48. The molecule has 0 heterocycles. The third-order valence-corrected chi connectivity index (χ3v) is 4.52. The van der Waals surface area contributed by atoms with Crippen LogP contribution in [0.4, 0.5) is 0 Å². The van der Waals surface area contributed by atoms with Crippen LogP contribution >= 0.6 is 0 Å². The lowest BCUT2D eigenvalue weighted by molar-refractivity contribution is -0.145. The number of hydrogen-bond donors (Lipinski definition) is 3. The minimum Gasteiger partial charge on any atom is -0.481 e. The second-order valence-corrected chi connectivity index (χ2v) is 6.20. The predicted molar refractivity (Wildman–Crippen MR) is 82.5 cm³/mol. The van der Waals surface area contributed by atoms with Crippen molar-refractivity contribution in [3.63, 3.8) is 0 Å². The predicted octanol–water partition coefficient (Wildman–Crippen LogP) is 2.07. The van der Waals surface area contributed by atoms with Gasteiger partial charge in [-0.1, -0.05) is 37.6 Å². The Morgan fingerprint density at radius 2 is 1.91 bits per heavy atom. The SMILES string of the molecule is CCCc1cccc(CCC(N)(C(=O)O)[C@H]2C[C@@H]2C(=O)O)c1. The quantitative estimate of drug-likeness (QED) is 0.682. The normalized spacial score (nSPS) is 22.8. The molecule has 0 spiro atoms. The highest BCUT2D eigenvalue weighted by atomic mass is 16.4. The molecule has 1 fully saturated rings. The molecule has 0 aliphatic heterocycles. The lowest BCUT2D eigenvalue weighted by Crippen LogP contribution is -2.51. The summed E-state index contributed by atoms with van der Waals surface area (Å²) in [7, 11) is 0. The number of nitrogens with two attached hydrogens (primary N) is 1. The highest BCUT2D eigenvalue weighted by Crippen LogP contribution is 2.47. The summed E-state index contributed by atoms with van der Waals surface area (Å²) >= 11 is 0. The van der Waals surface area contributed by atoms with Crippen LogP contribution in [0.15, 0.2) is 24.3 Å². The minimum atomic E-state index is -1.45. The summed E-state index contributed by atoms with van der Waals surface area (Å²) in [5.41, 5.74) is 6.88. The number of carboxylic acid groups (broad SMARTS) is 2. The van der Waals surface area contributed by atoms with Gasteiger partial charge in [0.25, 0.3) is 0 Å². The van der Waals surface area contributed by atoms with Gasteiger partial charge in [0.05, 0.1) is 5.92 Å². The molecule has 1 aliphatic carbocycles. The molecule has 120 valence electrons. The summed E-state index contributed by atoms with van der Waals surface area (Å²) in [6.45, 7) is 2.11. The molecule has 4 N–H and O–H groups in total. The molecule has 3 atom stereocenters. The smallest absolute Gasteiger partial charge is 0.324 e. The molecule has 22 heavy (non-hydrogen) atoms. The number of carboxylic acids is 2. The van der Waals surface area contributed by atoms with Crippen LogP contribution in [0.3, 0.4) is 0 Å². The zero-order chi connectivity index (χ0) is 16.3. The zero-order valence-corrected chi connectivity index (χ0v) is 12.8. The summed E-state index contributed by atoms with van der Waals surface area (Å²) < 4.78 is 0. The maximum absolute atomic E-state index is 11.5. The Morgan fingerprint density at radius 3 is 2.41 bits per heavy atom. The first-order valence-corrected chi connectivity index (χ1v) is 7.71. The Balaban J connectivity index is 2.05. The summed E-state index contributed by atoms with van der Waals surface area (Å²) in [6.07, 6.45) is 3.20. The Kier molecular flexibility index (Phi) is 4.86. The van der Waals surface area contributed by atoms with Crippen LogP contribution in [0, 0.1) is 11.8 Å². The van der Waals surface area contributed by atoms with Gasteiger partial charge in [0, 0.05) is 5.92 Å². The third kappa shape index (κ3) is 3.47. The van der Waals surface area contributed by atoms with Gasteiger partial charge in [-0.15, -0.1) is 0 Å². The molecule has 0 bridgehead atoms. The van der Waals surface area contributed by atoms with Crippen LogP contribution in [0.1, 0.15) is 37.3 Å². The van der Waals surface area contributed by atoms with Gasteiger partial charge in [0.2, 0.25) is 0 Å². The van der Waals surface area contributed by atoms with Crippen molar-refractivity contribution < 1.29 is 19.8 Å². The van der Waals surface area contributed by atoms with Crippen LogP contribution in [-0.2, 0) is 22.4 Å². The van der Waals surface area contributed by atoms with E-state index in [1.165, 1.54) is 5.56 Å². The summed E-state index contributed by atoms with van der Waals surface area (Å²) in [5, 5.41) is 18.4. The van der Waals surface area contributed by atoms with E-state index in [4.69, 9.17) is 10.8 Å². The van der Waals surface area contributed by atoms with Crippen LogP contribution in [0.2, 0.25) is 0 Å². The van der Waals surface area contributed by atoms with Gasteiger partial charge in [0.1, 0.15) is 5.54 Å². The first-order chi connectivity index (χ1) is 10.4. The summed E-state index contributed by atoms with van der Waals surface area (Å²) in [6, 6.07) is 8.06. The molecule has 1 aromatic carbocycles. The van der Waals surface area contributed by atoms with Crippen molar-refractivity contribution in [2.24, 2.45) is 17.6 Å². The molecule has 0 saturated heterocycles. The largest absolute Gasteiger partial charge is 0.481 e. The van der Waals surface area contributed by atoms with Crippen LogP contribution < -0.4 is 5.73 Å². The number of aryl methyl sites for hydroxylation is 2. The molecule has 5 heteroatoms. The molecule has 1 saturated carbocycles. The number of benzene rings is 1. The summed E-state index contributed by atoms with van der Waals surface area (Å²) in [5.74, 6) is -3.15.